The smallest absolute Gasteiger partial charge is 0.329 e. The Labute approximate surface area is 105 Å². The Morgan fingerprint density at radius 1 is 1.39 bits per heavy atom. The van der Waals surface area contributed by atoms with E-state index in [0.29, 0.717) is 11.3 Å². The third-order valence-electron chi connectivity index (χ3n) is 2.72. The molecule has 18 heavy (non-hydrogen) atoms. The molecule has 2 rings (SSSR count). The van der Waals surface area contributed by atoms with E-state index in [1.54, 1.807) is 32.0 Å². The van der Waals surface area contributed by atoms with Crippen LogP contribution in [0.4, 0.5) is 10.5 Å². The van der Waals surface area contributed by atoms with Crippen LogP contribution in [0.25, 0.3) is 0 Å². The van der Waals surface area contributed by atoms with Crippen LogP contribution in [-0.4, -0.2) is 17.5 Å². The van der Waals surface area contributed by atoms with E-state index in [9.17, 15) is 9.59 Å². The molecule has 5 heteroatoms. The normalized spacial score (nSPS) is 18.2. The molecule has 1 aliphatic heterocycles. The summed E-state index contributed by atoms with van der Waals surface area (Å²) in [7, 11) is 0. The topological polar surface area (TPSA) is 73.2 Å². The van der Waals surface area contributed by atoms with E-state index in [0.717, 1.165) is 4.90 Å². The van der Waals surface area contributed by atoms with Crippen LogP contribution in [0.15, 0.2) is 24.3 Å². The number of rotatable bonds is 1. The molecule has 1 aliphatic rings. The average Bonchev–Trinajstić information content (AvgIpc) is 2.26. The quantitative estimate of drug-likeness (QED) is 0.817. The van der Waals surface area contributed by atoms with Gasteiger partial charge < -0.3 is 5.32 Å². The van der Waals surface area contributed by atoms with E-state index in [1.807, 2.05) is 6.07 Å². The number of carbonyl (C=O) groups excluding carboxylic acids is 2. The van der Waals surface area contributed by atoms with Gasteiger partial charge in [0.25, 0.3) is 0 Å². The Balaban J connectivity index is 2.36. The SMILES string of the molecule is CC1(C)CC(=O)N(c2cccc(C#N)c2)C(=O)N1. The Morgan fingerprint density at radius 2 is 2.11 bits per heavy atom. The van der Waals surface area contributed by atoms with Gasteiger partial charge in [0, 0.05) is 5.54 Å². The van der Waals surface area contributed by atoms with Crippen molar-refractivity contribution in [1.82, 2.24) is 5.32 Å². The van der Waals surface area contributed by atoms with Gasteiger partial charge in [0.1, 0.15) is 0 Å². The fourth-order valence-corrected chi connectivity index (χ4v) is 1.94. The van der Waals surface area contributed by atoms with Crippen molar-refractivity contribution in [3.8, 4) is 6.07 Å². The second-order valence-corrected chi connectivity index (χ2v) is 4.88. The van der Waals surface area contributed by atoms with Crippen molar-refractivity contribution in [2.75, 3.05) is 4.90 Å². The molecule has 1 fully saturated rings. The third kappa shape index (κ3) is 2.18. The predicted octanol–water partition coefficient (Wildman–Crippen LogP) is 1.78. The van der Waals surface area contributed by atoms with E-state index >= 15 is 0 Å². The number of hydrogen-bond acceptors (Lipinski definition) is 3. The molecule has 5 nitrogen and oxygen atoms in total. The molecule has 1 aromatic rings. The zero-order valence-corrected chi connectivity index (χ0v) is 10.2. The van der Waals surface area contributed by atoms with Gasteiger partial charge >= 0.3 is 6.03 Å². The van der Waals surface area contributed by atoms with Crippen molar-refractivity contribution < 1.29 is 9.59 Å². The van der Waals surface area contributed by atoms with Crippen LogP contribution in [-0.2, 0) is 4.79 Å². The lowest BCUT2D eigenvalue weighted by atomic mass is 9.97. The summed E-state index contributed by atoms with van der Waals surface area (Å²) >= 11 is 0. The van der Waals surface area contributed by atoms with Crippen LogP contribution in [0.1, 0.15) is 25.8 Å². The Morgan fingerprint density at radius 3 is 2.72 bits per heavy atom. The molecule has 0 spiro atoms. The molecule has 0 aliphatic carbocycles. The number of hydrogen-bond donors (Lipinski definition) is 1. The van der Waals surface area contributed by atoms with Crippen LogP contribution in [0, 0.1) is 11.3 Å². The minimum absolute atomic E-state index is 0.232. The van der Waals surface area contributed by atoms with Crippen LogP contribution in [0.3, 0.4) is 0 Å². The van der Waals surface area contributed by atoms with Crippen molar-refractivity contribution in [2.24, 2.45) is 0 Å². The highest BCUT2D eigenvalue weighted by Crippen LogP contribution is 2.24. The Kier molecular flexibility index (Phi) is 2.79. The minimum atomic E-state index is -0.530. The Bertz CT molecular complexity index is 538. The van der Waals surface area contributed by atoms with Gasteiger partial charge in [0.15, 0.2) is 0 Å². The molecular weight excluding hydrogens is 230 g/mol. The maximum absolute atomic E-state index is 12.0. The summed E-state index contributed by atoms with van der Waals surface area (Å²) in [6.45, 7) is 3.59. The van der Waals surface area contributed by atoms with Crippen LogP contribution >= 0.6 is 0 Å². The van der Waals surface area contributed by atoms with Crippen LogP contribution in [0.5, 0.6) is 0 Å². The molecule has 1 N–H and O–H groups in total. The molecule has 0 unspecified atom stereocenters. The highest BCUT2D eigenvalue weighted by Gasteiger charge is 2.37. The zero-order valence-electron chi connectivity index (χ0n) is 10.2. The highest BCUT2D eigenvalue weighted by molar-refractivity contribution is 6.16. The van der Waals surface area contributed by atoms with E-state index in [4.69, 9.17) is 5.26 Å². The molecule has 1 heterocycles. The number of nitriles is 1. The van der Waals surface area contributed by atoms with Crippen molar-refractivity contribution in [3.63, 3.8) is 0 Å². The first-order chi connectivity index (χ1) is 8.43. The number of imide groups is 1. The minimum Gasteiger partial charge on any atom is -0.332 e. The summed E-state index contributed by atoms with van der Waals surface area (Å²) < 4.78 is 0. The number of nitrogens with zero attached hydrogens (tertiary/aromatic N) is 2. The van der Waals surface area contributed by atoms with Gasteiger partial charge in [-0.3, -0.25) is 4.79 Å². The molecule has 0 atom stereocenters. The molecule has 0 saturated carbocycles. The first-order valence-electron chi connectivity index (χ1n) is 5.58. The zero-order chi connectivity index (χ0) is 13.3. The maximum atomic E-state index is 12.0. The van der Waals surface area contributed by atoms with E-state index in [1.165, 1.54) is 6.07 Å². The number of carbonyl (C=O) groups is 2. The van der Waals surface area contributed by atoms with Gasteiger partial charge in [0.2, 0.25) is 5.91 Å². The fourth-order valence-electron chi connectivity index (χ4n) is 1.94. The lowest BCUT2D eigenvalue weighted by Crippen LogP contribution is -2.59. The standard InChI is InChI=1S/C13H13N3O2/c1-13(2)7-11(17)16(12(18)15-13)10-5-3-4-9(6-10)8-14/h3-6H,7H2,1-2H3,(H,15,18). The second-order valence-electron chi connectivity index (χ2n) is 4.88. The average molecular weight is 243 g/mol. The molecule has 3 amide bonds. The van der Waals surface area contributed by atoms with Crippen molar-refractivity contribution in [3.05, 3.63) is 29.8 Å². The van der Waals surface area contributed by atoms with Crippen molar-refractivity contribution in [1.29, 1.82) is 5.26 Å². The number of urea groups is 1. The van der Waals surface area contributed by atoms with Gasteiger partial charge in [-0.2, -0.15) is 5.26 Å². The van der Waals surface area contributed by atoms with E-state index in [2.05, 4.69) is 5.32 Å². The first-order valence-corrected chi connectivity index (χ1v) is 5.58. The highest BCUT2D eigenvalue weighted by atomic mass is 16.2. The van der Waals surface area contributed by atoms with E-state index in [-0.39, 0.29) is 12.3 Å². The van der Waals surface area contributed by atoms with Gasteiger partial charge in [-0.05, 0) is 32.0 Å². The molecular formula is C13H13N3O2. The summed E-state index contributed by atoms with van der Waals surface area (Å²) in [5.74, 6) is -0.265. The summed E-state index contributed by atoms with van der Waals surface area (Å²) in [6, 6.07) is 7.96. The molecule has 1 saturated heterocycles. The summed E-state index contributed by atoms with van der Waals surface area (Å²) in [5, 5.41) is 11.6. The van der Waals surface area contributed by atoms with Crippen LogP contribution < -0.4 is 10.2 Å². The predicted molar refractivity (Wildman–Crippen MR) is 65.9 cm³/mol. The molecule has 0 aromatic heterocycles. The number of nitrogens with one attached hydrogen (secondary N) is 1. The number of anilines is 1. The molecule has 0 radical (unpaired) electrons. The molecule has 1 aromatic carbocycles. The number of benzene rings is 1. The third-order valence-corrected chi connectivity index (χ3v) is 2.72. The maximum Gasteiger partial charge on any atom is 0.329 e. The van der Waals surface area contributed by atoms with Crippen molar-refractivity contribution in [2.45, 2.75) is 25.8 Å². The fraction of sp³-hybridized carbons (Fsp3) is 0.308. The van der Waals surface area contributed by atoms with Crippen molar-refractivity contribution >= 4 is 17.6 Å². The first kappa shape index (κ1) is 12.1. The number of amides is 3. The largest absolute Gasteiger partial charge is 0.332 e. The molecule has 0 bridgehead atoms. The monoisotopic (exact) mass is 243 g/mol. The molecule has 92 valence electrons. The lowest BCUT2D eigenvalue weighted by molar-refractivity contribution is -0.119. The van der Waals surface area contributed by atoms with Gasteiger partial charge in [0.05, 0.1) is 23.7 Å². The van der Waals surface area contributed by atoms with E-state index < -0.39 is 11.6 Å². The van der Waals surface area contributed by atoms with Gasteiger partial charge in [-0.25, -0.2) is 9.69 Å². The summed E-state index contributed by atoms with van der Waals surface area (Å²) in [4.78, 5) is 25.0. The second kappa shape index (κ2) is 4.15. The van der Waals surface area contributed by atoms with Gasteiger partial charge in [-0.15, -0.1) is 0 Å². The summed E-state index contributed by atoms with van der Waals surface area (Å²) in [5.41, 5.74) is 0.308. The van der Waals surface area contributed by atoms with Gasteiger partial charge in [-0.1, -0.05) is 6.07 Å². The van der Waals surface area contributed by atoms with Crippen LogP contribution in [0.2, 0.25) is 0 Å². The lowest BCUT2D eigenvalue weighted by Gasteiger charge is -2.36. The Hall–Kier alpha value is -2.35. The summed E-state index contributed by atoms with van der Waals surface area (Å²) in [6.07, 6.45) is 0.232.